The minimum absolute atomic E-state index is 0.343. The van der Waals surface area contributed by atoms with Gasteiger partial charge < -0.3 is 10.6 Å². The molecule has 0 radical (unpaired) electrons. The normalized spacial score (nSPS) is 8.33. The van der Waals surface area contributed by atoms with Gasteiger partial charge in [-0.3, -0.25) is 0 Å². The van der Waals surface area contributed by atoms with Crippen LogP contribution in [0.4, 0.5) is 11.5 Å². The van der Waals surface area contributed by atoms with Crippen molar-refractivity contribution in [2.24, 2.45) is 0 Å². The van der Waals surface area contributed by atoms with Crippen LogP contribution in [0.1, 0.15) is 0 Å². The number of anilines is 1. The van der Waals surface area contributed by atoms with Crippen molar-refractivity contribution in [2.75, 3.05) is 5.73 Å². The van der Waals surface area contributed by atoms with Crippen molar-refractivity contribution in [1.29, 1.82) is 0 Å². The fourth-order valence-electron chi connectivity index (χ4n) is 0.495. The molecule has 0 saturated carbocycles. The summed E-state index contributed by atoms with van der Waals surface area (Å²) < 4.78 is 0. The molecule has 9 heavy (non-hydrogen) atoms. The Hall–Kier alpha value is -1.56. The zero-order chi connectivity index (χ0) is 6.69. The van der Waals surface area contributed by atoms with Gasteiger partial charge in [-0.15, -0.1) is 4.98 Å². The molecule has 3 nitrogen and oxygen atoms in total. The van der Waals surface area contributed by atoms with E-state index in [2.05, 4.69) is 9.83 Å². The fourth-order valence-corrected chi connectivity index (χ4v) is 0.495. The third kappa shape index (κ3) is 1.16. The first-order valence-corrected chi connectivity index (χ1v) is 2.42. The van der Waals surface area contributed by atoms with E-state index >= 15 is 0 Å². The molecule has 2 N–H and O–H groups in total. The maximum absolute atomic E-state index is 6.55. The van der Waals surface area contributed by atoms with Crippen molar-refractivity contribution >= 4 is 11.5 Å². The lowest BCUT2D eigenvalue weighted by molar-refractivity contribution is 1.36. The third-order valence-corrected chi connectivity index (χ3v) is 0.884. The van der Waals surface area contributed by atoms with Gasteiger partial charge in [0.05, 0.1) is 0 Å². The Morgan fingerprint density at radius 1 is 1.67 bits per heavy atom. The number of aromatic nitrogens is 1. The molecule has 3 heteroatoms. The molecule has 0 aromatic carbocycles. The molecule has 0 amide bonds. The quantitative estimate of drug-likeness (QED) is 0.521. The van der Waals surface area contributed by atoms with Gasteiger partial charge >= 0.3 is 0 Å². The molecule has 1 rings (SSSR count). The molecule has 0 unspecified atom stereocenters. The summed E-state index contributed by atoms with van der Waals surface area (Å²) >= 11 is 0. The lowest BCUT2D eigenvalue weighted by Crippen LogP contribution is -1.82. The Bertz CT molecular complexity index is 249. The van der Waals surface area contributed by atoms with E-state index in [0.29, 0.717) is 11.5 Å². The molecule has 0 aliphatic carbocycles. The molecule has 1 aromatic rings. The molecular formula is C6H5N3. The standard InChI is InChI=1S/C6H5N3/c1-8-6-4-5(7)2-3-9-6/h2-4H,(H2,7,9). The second kappa shape index (κ2) is 2.14. The van der Waals surface area contributed by atoms with Crippen molar-refractivity contribution in [3.8, 4) is 0 Å². The SMILES string of the molecule is [C-]#[N+]c1cc(N)ccn1. The van der Waals surface area contributed by atoms with Crippen molar-refractivity contribution in [3.05, 3.63) is 29.7 Å². The summed E-state index contributed by atoms with van der Waals surface area (Å²) in [7, 11) is 0. The highest BCUT2D eigenvalue weighted by molar-refractivity contribution is 5.48. The highest BCUT2D eigenvalue weighted by atomic mass is 14.9. The molecule has 1 aromatic heterocycles. The van der Waals surface area contributed by atoms with Gasteiger partial charge in [-0.2, -0.15) is 0 Å². The van der Waals surface area contributed by atoms with Gasteiger partial charge in [-0.1, -0.05) is 6.57 Å². The molecule has 0 saturated heterocycles. The van der Waals surface area contributed by atoms with E-state index in [1.54, 1.807) is 6.07 Å². The van der Waals surface area contributed by atoms with Crippen molar-refractivity contribution in [2.45, 2.75) is 0 Å². The number of hydrogen-bond donors (Lipinski definition) is 1. The summed E-state index contributed by atoms with van der Waals surface area (Å²) in [5.74, 6) is 0.343. The molecule has 0 bridgehead atoms. The number of pyridine rings is 1. The lowest BCUT2D eigenvalue weighted by atomic mass is 10.4. The minimum Gasteiger partial charge on any atom is -0.400 e. The van der Waals surface area contributed by atoms with E-state index in [4.69, 9.17) is 12.3 Å². The average Bonchev–Trinajstić information content (AvgIpc) is 1.88. The summed E-state index contributed by atoms with van der Waals surface area (Å²) in [5, 5.41) is 0. The van der Waals surface area contributed by atoms with E-state index in [1.807, 2.05) is 0 Å². The van der Waals surface area contributed by atoms with Gasteiger partial charge in [-0.25, -0.2) is 0 Å². The van der Waals surface area contributed by atoms with Crippen LogP contribution in [-0.4, -0.2) is 4.98 Å². The molecule has 0 spiro atoms. The van der Waals surface area contributed by atoms with Crippen LogP contribution in [0.3, 0.4) is 0 Å². The van der Waals surface area contributed by atoms with Crippen molar-refractivity contribution < 1.29 is 0 Å². The fraction of sp³-hybridized carbons (Fsp3) is 0. The van der Waals surface area contributed by atoms with E-state index in [-0.39, 0.29) is 0 Å². The zero-order valence-electron chi connectivity index (χ0n) is 4.70. The summed E-state index contributed by atoms with van der Waals surface area (Å²) in [5.41, 5.74) is 5.93. The van der Waals surface area contributed by atoms with Crippen LogP contribution in [0.25, 0.3) is 4.85 Å². The Balaban J connectivity index is 3.12. The van der Waals surface area contributed by atoms with Crippen LogP contribution in [-0.2, 0) is 0 Å². The van der Waals surface area contributed by atoms with Crippen molar-refractivity contribution in [1.82, 2.24) is 4.98 Å². The third-order valence-electron chi connectivity index (χ3n) is 0.884. The summed E-state index contributed by atoms with van der Waals surface area (Å²) in [6.07, 6.45) is 1.52. The van der Waals surface area contributed by atoms with Gasteiger partial charge in [0.25, 0.3) is 5.82 Å². The highest BCUT2D eigenvalue weighted by Gasteiger charge is 1.89. The topological polar surface area (TPSA) is 43.3 Å². The van der Waals surface area contributed by atoms with E-state index in [9.17, 15) is 0 Å². The van der Waals surface area contributed by atoms with Gasteiger partial charge in [0.2, 0.25) is 0 Å². The van der Waals surface area contributed by atoms with Crippen LogP contribution in [0.2, 0.25) is 0 Å². The zero-order valence-corrected chi connectivity index (χ0v) is 4.70. The van der Waals surface area contributed by atoms with Crippen LogP contribution >= 0.6 is 0 Å². The second-order valence-electron chi connectivity index (χ2n) is 1.56. The number of nitrogens with zero attached hydrogens (tertiary/aromatic N) is 2. The van der Waals surface area contributed by atoms with E-state index in [1.165, 1.54) is 12.3 Å². The number of hydrogen-bond acceptors (Lipinski definition) is 2. The first kappa shape index (κ1) is 5.57. The minimum atomic E-state index is 0.343. The molecule has 0 fully saturated rings. The smallest absolute Gasteiger partial charge is 0.271 e. The summed E-state index contributed by atoms with van der Waals surface area (Å²) in [6, 6.07) is 3.18. The van der Waals surface area contributed by atoms with Crippen LogP contribution in [0.5, 0.6) is 0 Å². The van der Waals surface area contributed by atoms with Crippen LogP contribution in [0, 0.1) is 6.57 Å². The molecule has 44 valence electrons. The largest absolute Gasteiger partial charge is 0.400 e. The summed E-state index contributed by atoms with van der Waals surface area (Å²) in [4.78, 5) is 6.81. The molecular weight excluding hydrogens is 114 g/mol. The molecule has 0 aliphatic heterocycles. The summed E-state index contributed by atoms with van der Waals surface area (Å²) in [6.45, 7) is 6.55. The Morgan fingerprint density at radius 3 is 2.89 bits per heavy atom. The Morgan fingerprint density at radius 2 is 2.44 bits per heavy atom. The second-order valence-corrected chi connectivity index (χ2v) is 1.56. The Kier molecular flexibility index (Phi) is 1.32. The predicted molar refractivity (Wildman–Crippen MR) is 34.9 cm³/mol. The molecule has 0 atom stereocenters. The number of nitrogen functional groups attached to an aromatic ring is 1. The number of nitrogens with two attached hydrogens (primary N) is 1. The highest BCUT2D eigenvalue weighted by Crippen LogP contribution is 2.09. The van der Waals surface area contributed by atoms with Gasteiger partial charge in [0, 0.05) is 11.8 Å². The monoisotopic (exact) mass is 119 g/mol. The van der Waals surface area contributed by atoms with Crippen molar-refractivity contribution in [3.63, 3.8) is 0 Å². The van der Waals surface area contributed by atoms with E-state index < -0.39 is 0 Å². The van der Waals surface area contributed by atoms with Crippen LogP contribution < -0.4 is 5.73 Å². The Labute approximate surface area is 53.0 Å². The predicted octanol–water partition coefficient (Wildman–Crippen LogP) is 1.21. The average molecular weight is 119 g/mol. The molecule has 0 aliphatic rings. The van der Waals surface area contributed by atoms with Crippen LogP contribution in [0.15, 0.2) is 18.3 Å². The van der Waals surface area contributed by atoms with Gasteiger partial charge in [0.1, 0.15) is 6.20 Å². The lowest BCUT2D eigenvalue weighted by Gasteiger charge is -1.87. The van der Waals surface area contributed by atoms with Gasteiger partial charge in [-0.05, 0) is 6.07 Å². The van der Waals surface area contributed by atoms with Gasteiger partial charge in [0.15, 0.2) is 0 Å². The molecule has 1 heterocycles. The first-order chi connectivity index (χ1) is 4.33. The van der Waals surface area contributed by atoms with E-state index in [0.717, 1.165) is 0 Å². The first-order valence-electron chi connectivity index (χ1n) is 2.42. The maximum atomic E-state index is 6.55. The maximum Gasteiger partial charge on any atom is 0.271 e. The number of rotatable bonds is 0.